The number of benzene rings is 1. The van der Waals surface area contributed by atoms with Crippen LogP contribution >= 0.6 is 0 Å². The first-order valence-corrected chi connectivity index (χ1v) is 6.23. The Morgan fingerprint density at radius 3 is 2.47 bits per heavy atom. The van der Waals surface area contributed by atoms with Gasteiger partial charge in [0.15, 0.2) is 6.61 Å². The van der Waals surface area contributed by atoms with Gasteiger partial charge in [-0.05, 0) is 19.1 Å². The fraction of sp³-hybridized carbons (Fsp3) is 0.429. The second kappa shape index (κ2) is 7.41. The van der Waals surface area contributed by atoms with Crippen LogP contribution in [-0.2, 0) is 9.59 Å². The van der Waals surface area contributed by atoms with E-state index in [0.717, 1.165) is 0 Å². The summed E-state index contributed by atoms with van der Waals surface area (Å²) in [6, 6.07) is 9.04. The number of carbonyl (C=O) groups excluding carboxylic acids is 1. The smallest absolute Gasteiger partial charge is 0.308 e. The van der Waals surface area contributed by atoms with Gasteiger partial charge in [0.05, 0.1) is 5.92 Å². The average Bonchev–Trinajstić information content (AvgIpc) is 2.42. The maximum Gasteiger partial charge on any atom is 0.308 e. The molecule has 0 saturated carbocycles. The van der Waals surface area contributed by atoms with Crippen LogP contribution in [0.1, 0.15) is 13.8 Å². The number of carbonyl (C=O) groups is 2. The van der Waals surface area contributed by atoms with E-state index in [4.69, 9.17) is 9.84 Å². The minimum Gasteiger partial charge on any atom is -0.484 e. The summed E-state index contributed by atoms with van der Waals surface area (Å²) >= 11 is 0. The molecule has 5 heteroatoms. The van der Waals surface area contributed by atoms with Crippen LogP contribution < -0.4 is 4.74 Å². The van der Waals surface area contributed by atoms with E-state index in [-0.39, 0.29) is 19.1 Å². The molecule has 0 heterocycles. The number of carboxylic acids is 1. The molecule has 0 bridgehead atoms. The van der Waals surface area contributed by atoms with Gasteiger partial charge in [-0.3, -0.25) is 9.59 Å². The lowest BCUT2D eigenvalue weighted by Crippen LogP contribution is -2.39. The first-order valence-electron chi connectivity index (χ1n) is 6.23. The number of aliphatic carboxylic acids is 1. The Hall–Kier alpha value is -2.04. The second-order valence-corrected chi connectivity index (χ2v) is 4.27. The molecule has 1 N–H and O–H groups in total. The van der Waals surface area contributed by atoms with Crippen molar-refractivity contribution in [3.05, 3.63) is 30.3 Å². The Labute approximate surface area is 112 Å². The van der Waals surface area contributed by atoms with Crippen LogP contribution in [0.2, 0.25) is 0 Å². The monoisotopic (exact) mass is 265 g/mol. The molecule has 1 amide bonds. The Bertz CT molecular complexity index is 419. The number of ether oxygens (including phenoxy) is 1. The lowest BCUT2D eigenvalue weighted by molar-refractivity contribution is -0.143. The molecule has 0 fully saturated rings. The fourth-order valence-corrected chi connectivity index (χ4v) is 1.57. The van der Waals surface area contributed by atoms with Crippen LogP contribution in [0.4, 0.5) is 0 Å². The molecule has 1 aromatic rings. The van der Waals surface area contributed by atoms with E-state index in [0.29, 0.717) is 12.3 Å². The van der Waals surface area contributed by atoms with Gasteiger partial charge in [0.25, 0.3) is 5.91 Å². The van der Waals surface area contributed by atoms with E-state index in [1.165, 1.54) is 4.90 Å². The van der Waals surface area contributed by atoms with Crippen LogP contribution in [0.25, 0.3) is 0 Å². The van der Waals surface area contributed by atoms with Crippen molar-refractivity contribution in [2.75, 3.05) is 19.7 Å². The lowest BCUT2D eigenvalue weighted by atomic mass is 10.1. The summed E-state index contributed by atoms with van der Waals surface area (Å²) in [4.78, 5) is 24.2. The average molecular weight is 265 g/mol. The van der Waals surface area contributed by atoms with Crippen molar-refractivity contribution < 1.29 is 19.4 Å². The van der Waals surface area contributed by atoms with Gasteiger partial charge < -0.3 is 14.7 Å². The van der Waals surface area contributed by atoms with Crippen molar-refractivity contribution >= 4 is 11.9 Å². The summed E-state index contributed by atoms with van der Waals surface area (Å²) in [5, 5.41) is 8.85. The molecule has 0 aliphatic carbocycles. The Morgan fingerprint density at radius 1 is 1.32 bits per heavy atom. The minimum absolute atomic E-state index is 0.0792. The van der Waals surface area contributed by atoms with E-state index in [1.54, 1.807) is 19.1 Å². The van der Waals surface area contributed by atoms with Crippen molar-refractivity contribution in [3.63, 3.8) is 0 Å². The molecule has 1 atom stereocenters. The number of hydrogen-bond donors (Lipinski definition) is 1. The van der Waals surface area contributed by atoms with Crippen molar-refractivity contribution in [2.45, 2.75) is 13.8 Å². The molecule has 1 rings (SSSR count). The van der Waals surface area contributed by atoms with E-state index >= 15 is 0 Å². The van der Waals surface area contributed by atoms with Gasteiger partial charge in [-0.2, -0.15) is 0 Å². The number of hydrogen-bond acceptors (Lipinski definition) is 3. The van der Waals surface area contributed by atoms with E-state index < -0.39 is 11.9 Å². The standard InChI is InChI=1S/C14H19NO4/c1-3-15(9-11(2)14(17)18)13(16)10-19-12-7-5-4-6-8-12/h4-8,11H,3,9-10H2,1-2H3,(H,17,18). The highest BCUT2D eigenvalue weighted by molar-refractivity contribution is 5.78. The van der Waals surface area contributed by atoms with Crippen molar-refractivity contribution in [3.8, 4) is 5.75 Å². The number of para-hydroxylation sites is 1. The van der Waals surface area contributed by atoms with Gasteiger partial charge in [-0.1, -0.05) is 25.1 Å². The zero-order valence-electron chi connectivity index (χ0n) is 11.2. The molecule has 1 aromatic carbocycles. The van der Waals surface area contributed by atoms with Crippen LogP contribution in [-0.4, -0.2) is 41.6 Å². The number of nitrogens with zero attached hydrogens (tertiary/aromatic N) is 1. The van der Waals surface area contributed by atoms with Gasteiger partial charge in [-0.15, -0.1) is 0 Å². The van der Waals surface area contributed by atoms with Gasteiger partial charge in [0.1, 0.15) is 5.75 Å². The van der Waals surface area contributed by atoms with Crippen LogP contribution in [0.3, 0.4) is 0 Å². The maximum absolute atomic E-state index is 11.9. The molecule has 0 radical (unpaired) electrons. The Kier molecular flexibility index (Phi) is 5.85. The number of carboxylic acid groups (broad SMARTS) is 1. The zero-order valence-corrected chi connectivity index (χ0v) is 11.2. The van der Waals surface area contributed by atoms with Gasteiger partial charge in [0, 0.05) is 13.1 Å². The molecule has 0 spiro atoms. The third-order valence-electron chi connectivity index (χ3n) is 2.76. The highest BCUT2D eigenvalue weighted by Gasteiger charge is 2.19. The van der Waals surface area contributed by atoms with Gasteiger partial charge in [-0.25, -0.2) is 0 Å². The largest absolute Gasteiger partial charge is 0.484 e. The molecule has 5 nitrogen and oxygen atoms in total. The van der Waals surface area contributed by atoms with Crippen molar-refractivity contribution in [1.29, 1.82) is 0 Å². The fourth-order valence-electron chi connectivity index (χ4n) is 1.57. The number of rotatable bonds is 7. The van der Waals surface area contributed by atoms with Gasteiger partial charge in [0.2, 0.25) is 0 Å². The summed E-state index contributed by atoms with van der Waals surface area (Å²) in [7, 11) is 0. The van der Waals surface area contributed by atoms with Gasteiger partial charge >= 0.3 is 5.97 Å². The topological polar surface area (TPSA) is 66.8 Å². The number of amides is 1. The third kappa shape index (κ3) is 4.99. The summed E-state index contributed by atoms with van der Waals surface area (Å²) in [5.74, 6) is -1.08. The highest BCUT2D eigenvalue weighted by Crippen LogP contribution is 2.09. The predicted octanol–water partition coefficient (Wildman–Crippen LogP) is 1.63. The molecular formula is C14H19NO4. The second-order valence-electron chi connectivity index (χ2n) is 4.27. The number of likely N-dealkylation sites (N-methyl/N-ethyl adjacent to an activating group) is 1. The quantitative estimate of drug-likeness (QED) is 0.813. The maximum atomic E-state index is 11.9. The van der Waals surface area contributed by atoms with Crippen LogP contribution in [0, 0.1) is 5.92 Å². The predicted molar refractivity (Wildman–Crippen MR) is 71.0 cm³/mol. The molecule has 0 aromatic heterocycles. The zero-order chi connectivity index (χ0) is 14.3. The summed E-state index contributed by atoms with van der Waals surface area (Å²) in [6.07, 6.45) is 0. The Balaban J connectivity index is 2.48. The first kappa shape index (κ1) is 15.0. The molecule has 104 valence electrons. The lowest BCUT2D eigenvalue weighted by Gasteiger charge is -2.22. The van der Waals surface area contributed by atoms with E-state index in [9.17, 15) is 9.59 Å². The summed E-state index contributed by atoms with van der Waals surface area (Å²) < 4.78 is 5.35. The Morgan fingerprint density at radius 2 is 1.95 bits per heavy atom. The SMILES string of the molecule is CCN(CC(C)C(=O)O)C(=O)COc1ccccc1. The van der Waals surface area contributed by atoms with E-state index in [1.807, 2.05) is 25.1 Å². The van der Waals surface area contributed by atoms with Crippen LogP contribution in [0.15, 0.2) is 30.3 Å². The van der Waals surface area contributed by atoms with Crippen LogP contribution in [0.5, 0.6) is 5.75 Å². The summed E-state index contributed by atoms with van der Waals surface area (Å²) in [6.45, 7) is 3.98. The molecule has 19 heavy (non-hydrogen) atoms. The van der Waals surface area contributed by atoms with Crippen molar-refractivity contribution in [1.82, 2.24) is 4.90 Å². The molecule has 1 unspecified atom stereocenters. The molecule has 0 aliphatic rings. The third-order valence-corrected chi connectivity index (χ3v) is 2.76. The molecule has 0 saturated heterocycles. The normalized spacial score (nSPS) is 11.7. The molecule has 0 aliphatic heterocycles. The first-order chi connectivity index (χ1) is 9.04. The summed E-state index contributed by atoms with van der Waals surface area (Å²) in [5.41, 5.74) is 0. The molecular weight excluding hydrogens is 246 g/mol. The van der Waals surface area contributed by atoms with E-state index in [2.05, 4.69) is 0 Å². The van der Waals surface area contributed by atoms with Crippen molar-refractivity contribution in [2.24, 2.45) is 5.92 Å². The highest BCUT2D eigenvalue weighted by atomic mass is 16.5. The minimum atomic E-state index is -0.907.